The first-order chi connectivity index (χ1) is 9.61. The number of benzene rings is 1. The second kappa shape index (κ2) is 7.09. The van der Waals surface area contributed by atoms with Crippen LogP contribution in [0.5, 0.6) is 0 Å². The lowest BCUT2D eigenvalue weighted by molar-refractivity contribution is 0.414. The lowest BCUT2D eigenvalue weighted by Crippen LogP contribution is -2.30. The molecule has 0 spiro atoms. The number of fused-ring (bicyclic) bond motifs is 1. The van der Waals surface area contributed by atoms with Crippen molar-refractivity contribution in [2.75, 3.05) is 45.2 Å². The van der Waals surface area contributed by atoms with E-state index in [4.69, 9.17) is 0 Å². The second-order valence-electron chi connectivity index (χ2n) is 6.10. The van der Waals surface area contributed by atoms with Gasteiger partial charge in [0.1, 0.15) is 0 Å². The summed E-state index contributed by atoms with van der Waals surface area (Å²) in [5.41, 5.74) is 4.39. The molecule has 1 aromatic rings. The molecule has 1 unspecified atom stereocenters. The zero-order valence-corrected chi connectivity index (χ0v) is 13.4. The van der Waals surface area contributed by atoms with Gasteiger partial charge in [0.15, 0.2) is 0 Å². The van der Waals surface area contributed by atoms with Gasteiger partial charge in [0.25, 0.3) is 0 Å². The van der Waals surface area contributed by atoms with E-state index in [-0.39, 0.29) is 0 Å². The number of hydrogen-bond acceptors (Lipinski definition) is 3. The normalized spacial score (nSPS) is 15.8. The minimum Gasteiger partial charge on any atom is -0.370 e. The van der Waals surface area contributed by atoms with Crippen molar-refractivity contribution >= 4 is 5.69 Å². The molecule has 3 heteroatoms. The van der Waals surface area contributed by atoms with Gasteiger partial charge in [-0.3, -0.25) is 0 Å². The monoisotopic (exact) mass is 275 g/mol. The van der Waals surface area contributed by atoms with E-state index in [2.05, 4.69) is 61.3 Å². The molecule has 1 aromatic carbocycles. The molecule has 1 atom stereocenters. The van der Waals surface area contributed by atoms with Crippen LogP contribution in [0, 0.1) is 0 Å². The smallest absolute Gasteiger partial charge is 0.0400 e. The topological polar surface area (TPSA) is 18.5 Å². The van der Waals surface area contributed by atoms with Crippen LogP contribution in [0.4, 0.5) is 5.69 Å². The summed E-state index contributed by atoms with van der Waals surface area (Å²) in [7, 11) is 4.28. The van der Waals surface area contributed by atoms with Crippen molar-refractivity contribution in [2.45, 2.75) is 32.7 Å². The van der Waals surface area contributed by atoms with E-state index >= 15 is 0 Å². The Balaban J connectivity index is 2.02. The van der Waals surface area contributed by atoms with Gasteiger partial charge >= 0.3 is 0 Å². The number of nitrogens with zero attached hydrogens (tertiary/aromatic N) is 2. The van der Waals surface area contributed by atoms with Crippen LogP contribution >= 0.6 is 0 Å². The molecule has 0 saturated carbocycles. The summed E-state index contributed by atoms with van der Waals surface area (Å²) < 4.78 is 0. The summed E-state index contributed by atoms with van der Waals surface area (Å²) >= 11 is 0. The third-order valence-electron chi connectivity index (χ3n) is 4.11. The van der Waals surface area contributed by atoms with Gasteiger partial charge < -0.3 is 15.1 Å². The lowest BCUT2D eigenvalue weighted by atomic mass is 10.0. The van der Waals surface area contributed by atoms with Crippen LogP contribution in [-0.4, -0.2) is 45.2 Å². The summed E-state index contributed by atoms with van der Waals surface area (Å²) in [5, 5.41) is 3.57. The predicted molar refractivity (Wildman–Crippen MR) is 87.6 cm³/mol. The molecule has 20 heavy (non-hydrogen) atoms. The summed E-state index contributed by atoms with van der Waals surface area (Å²) in [6.07, 6.45) is 2.38. The molecular formula is C17H29N3. The number of hydrogen-bond donors (Lipinski definition) is 1. The molecular weight excluding hydrogens is 246 g/mol. The van der Waals surface area contributed by atoms with Crippen LogP contribution in [-0.2, 0) is 6.42 Å². The number of likely N-dealkylation sites (N-methyl/N-ethyl adjacent to an activating group) is 1. The number of anilines is 1. The van der Waals surface area contributed by atoms with Crippen molar-refractivity contribution < 1.29 is 0 Å². The molecule has 0 radical (unpaired) electrons. The molecule has 0 fully saturated rings. The molecule has 3 nitrogen and oxygen atoms in total. The quantitative estimate of drug-likeness (QED) is 0.825. The molecule has 0 aliphatic carbocycles. The standard InChI is InChI=1S/C17H29N3/c1-5-9-18-14(2)15-6-7-17-16(13-15)8-10-20(17)12-11-19(3)4/h6-7,13-14,18H,5,8-12H2,1-4H3. The Hall–Kier alpha value is -1.06. The minimum atomic E-state index is 0.455. The molecule has 1 aliphatic rings. The maximum Gasteiger partial charge on any atom is 0.0400 e. The molecule has 1 heterocycles. The van der Waals surface area contributed by atoms with E-state index < -0.39 is 0 Å². The van der Waals surface area contributed by atoms with Crippen LogP contribution in [0.2, 0.25) is 0 Å². The van der Waals surface area contributed by atoms with Gasteiger partial charge in [0, 0.05) is 31.4 Å². The second-order valence-corrected chi connectivity index (χ2v) is 6.10. The average Bonchev–Trinajstić information content (AvgIpc) is 2.84. The maximum atomic E-state index is 3.57. The fraction of sp³-hybridized carbons (Fsp3) is 0.647. The Morgan fingerprint density at radius 2 is 2.15 bits per heavy atom. The third kappa shape index (κ3) is 3.74. The summed E-state index contributed by atoms with van der Waals surface area (Å²) in [6.45, 7) is 8.98. The van der Waals surface area contributed by atoms with Crippen LogP contribution in [0.1, 0.15) is 37.4 Å². The van der Waals surface area contributed by atoms with E-state index in [9.17, 15) is 0 Å². The highest BCUT2D eigenvalue weighted by molar-refractivity contribution is 5.59. The fourth-order valence-electron chi connectivity index (χ4n) is 2.79. The predicted octanol–water partition coefficient (Wildman–Crippen LogP) is 2.67. The van der Waals surface area contributed by atoms with Crippen molar-refractivity contribution in [1.29, 1.82) is 0 Å². The van der Waals surface area contributed by atoms with Crippen LogP contribution in [0.25, 0.3) is 0 Å². The first kappa shape index (κ1) is 15.3. The van der Waals surface area contributed by atoms with Gasteiger partial charge in [-0.15, -0.1) is 0 Å². The van der Waals surface area contributed by atoms with Crippen molar-refractivity contribution in [1.82, 2.24) is 10.2 Å². The van der Waals surface area contributed by atoms with Gasteiger partial charge in [-0.25, -0.2) is 0 Å². The summed E-state index contributed by atoms with van der Waals surface area (Å²) in [4.78, 5) is 4.77. The van der Waals surface area contributed by atoms with Gasteiger partial charge in [0.2, 0.25) is 0 Å². The largest absolute Gasteiger partial charge is 0.370 e. The van der Waals surface area contributed by atoms with E-state index in [0.29, 0.717) is 6.04 Å². The van der Waals surface area contributed by atoms with Crippen molar-refractivity contribution in [2.24, 2.45) is 0 Å². The molecule has 1 N–H and O–H groups in total. The van der Waals surface area contributed by atoms with Crippen LogP contribution < -0.4 is 10.2 Å². The molecule has 2 rings (SSSR count). The lowest BCUT2D eigenvalue weighted by Gasteiger charge is -2.22. The van der Waals surface area contributed by atoms with Crippen molar-refractivity contribution in [3.05, 3.63) is 29.3 Å². The fourth-order valence-corrected chi connectivity index (χ4v) is 2.79. The van der Waals surface area contributed by atoms with Gasteiger partial charge in [-0.2, -0.15) is 0 Å². The Bertz CT molecular complexity index is 428. The minimum absolute atomic E-state index is 0.455. The molecule has 0 saturated heterocycles. The van der Waals surface area contributed by atoms with E-state index in [1.165, 1.54) is 36.2 Å². The SMILES string of the molecule is CCCNC(C)c1ccc2c(c1)CCN2CCN(C)C. The van der Waals surface area contributed by atoms with Gasteiger partial charge in [-0.1, -0.05) is 19.1 Å². The van der Waals surface area contributed by atoms with Gasteiger partial charge in [-0.05, 0) is 57.6 Å². The van der Waals surface area contributed by atoms with E-state index in [1.807, 2.05) is 0 Å². The Morgan fingerprint density at radius 3 is 2.85 bits per heavy atom. The highest BCUT2D eigenvalue weighted by Gasteiger charge is 2.19. The third-order valence-corrected chi connectivity index (χ3v) is 4.11. The summed E-state index contributed by atoms with van der Waals surface area (Å²) in [5.74, 6) is 0. The van der Waals surface area contributed by atoms with Crippen molar-refractivity contribution in [3.8, 4) is 0 Å². The molecule has 0 bridgehead atoms. The maximum absolute atomic E-state index is 3.57. The highest BCUT2D eigenvalue weighted by Crippen LogP contribution is 2.30. The van der Waals surface area contributed by atoms with E-state index in [1.54, 1.807) is 0 Å². The Morgan fingerprint density at radius 1 is 1.35 bits per heavy atom. The van der Waals surface area contributed by atoms with Crippen molar-refractivity contribution in [3.63, 3.8) is 0 Å². The average molecular weight is 275 g/mol. The highest BCUT2D eigenvalue weighted by atomic mass is 15.2. The molecule has 1 aliphatic heterocycles. The van der Waals surface area contributed by atoms with Crippen LogP contribution in [0.15, 0.2) is 18.2 Å². The van der Waals surface area contributed by atoms with E-state index in [0.717, 1.165) is 19.6 Å². The number of rotatable bonds is 7. The Labute approximate surface area is 124 Å². The summed E-state index contributed by atoms with van der Waals surface area (Å²) in [6, 6.07) is 7.46. The first-order valence-corrected chi connectivity index (χ1v) is 7.87. The number of nitrogens with one attached hydrogen (secondary N) is 1. The molecule has 112 valence electrons. The van der Waals surface area contributed by atoms with Gasteiger partial charge in [0.05, 0.1) is 0 Å². The zero-order valence-electron chi connectivity index (χ0n) is 13.4. The molecule has 0 amide bonds. The van der Waals surface area contributed by atoms with Crippen LogP contribution in [0.3, 0.4) is 0 Å². The Kier molecular flexibility index (Phi) is 5.44. The first-order valence-electron chi connectivity index (χ1n) is 7.87. The zero-order chi connectivity index (χ0) is 14.5. The molecule has 0 aromatic heterocycles.